The van der Waals surface area contributed by atoms with Gasteiger partial charge in [0.05, 0.1) is 24.8 Å². The predicted molar refractivity (Wildman–Crippen MR) is 133 cm³/mol. The Balaban J connectivity index is 1.94. The number of hydrogen-bond donors (Lipinski definition) is 0. The number of ether oxygens (including phenoxy) is 1. The molecule has 0 spiro atoms. The normalized spacial score (nSPS) is 11.0. The number of methoxy groups -OCH3 is 1. The van der Waals surface area contributed by atoms with Crippen molar-refractivity contribution in [3.63, 3.8) is 0 Å². The van der Waals surface area contributed by atoms with Crippen LogP contribution in [0.2, 0.25) is 0 Å². The Bertz CT molecular complexity index is 1350. The lowest BCUT2D eigenvalue weighted by atomic mass is 9.93. The van der Waals surface area contributed by atoms with Crippen molar-refractivity contribution in [2.45, 2.75) is 13.5 Å². The first-order valence-electron chi connectivity index (χ1n) is 10.8. The largest absolute Gasteiger partial charge is 0.465 e. The highest BCUT2D eigenvalue weighted by Gasteiger charge is 2.20. The Morgan fingerprint density at radius 3 is 2.21 bits per heavy atom. The average molecular weight is 436 g/mol. The molecule has 164 valence electrons. The molecule has 0 bridgehead atoms. The number of nitrogens with zero attached hydrogens (tertiary/aromatic N) is 1. The van der Waals surface area contributed by atoms with Crippen molar-refractivity contribution in [1.82, 2.24) is 4.57 Å². The summed E-state index contributed by atoms with van der Waals surface area (Å²) in [4.78, 5) is 26.3. The minimum absolute atomic E-state index is 0.159. The van der Waals surface area contributed by atoms with E-state index in [2.05, 4.69) is 0 Å². The molecule has 0 atom stereocenters. The van der Waals surface area contributed by atoms with Gasteiger partial charge in [-0.3, -0.25) is 4.79 Å². The lowest BCUT2D eigenvalue weighted by molar-refractivity contribution is 0.0601. The lowest BCUT2D eigenvalue weighted by Gasteiger charge is -2.16. The van der Waals surface area contributed by atoms with Gasteiger partial charge in [0.15, 0.2) is 0 Å². The van der Waals surface area contributed by atoms with Gasteiger partial charge in [-0.1, -0.05) is 91.0 Å². The van der Waals surface area contributed by atoms with Crippen LogP contribution < -0.4 is 5.56 Å². The molecule has 3 aromatic carbocycles. The number of aryl methyl sites for hydroxylation is 1. The molecule has 0 saturated carbocycles. The molecule has 4 aromatic rings. The molecule has 0 radical (unpaired) electrons. The Hall–Kier alpha value is -4.18. The number of carbonyl (C=O) groups excluding carboxylic acids is 1. The molecular weight excluding hydrogens is 410 g/mol. The Morgan fingerprint density at radius 2 is 1.52 bits per heavy atom. The van der Waals surface area contributed by atoms with Gasteiger partial charge < -0.3 is 9.30 Å². The summed E-state index contributed by atoms with van der Waals surface area (Å²) in [5.41, 5.74) is 5.02. The molecule has 0 aliphatic heterocycles. The Labute approximate surface area is 193 Å². The van der Waals surface area contributed by atoms with Crippen LogP contribution in [0, 0.1) is 6.92 Å². The van der Waals surface area contributed by atoms with E-state index in [4.69, 9.17) is 4.74 Å². The van der Waals surface area contributed by atoms with Crippen molar-refractivity contribution in [1.29, 1.82) is 0 Å². The minimum atomic E-state index is -0.473. The van der Waals surface area contributed by atoms with Gasteiger partial charge >= 0.3 is 5.97 Å². The van der Waals surface area contributed by atoms with E-state index in [0.29, 0.717) is 23.2 Å². The fourth-order valence-electron chi connectivity index (χ4n) is 3.92. The van der Waals surface area contributed by atoms with Gasteiger partial charge in [0.2, 0.25) is 0 Å². The summed E-state index contributed by atoms with van der Waals surface area (Å²) < 4.78 is 6.70. The van der Waals surface area contributed by atoms with Gasteiger partial charge in [0.25, 0.3) is 5.56 Å². The SMILES string of the molecule is COC(=O)c1ccccc1-c1c(/C=C/c2ccccc2)c(C)cn(Cc2ccccc2)c1=O. The van der Waals surface area contributed by atoms with Crippen LogP contribution in [0.1, 0.15) is 32.6 Å². The highest BCUT2D eigenvalue weighted by Crippen LogP contribution is 2.28. The number of aromatic nitrogens is 1. The Morgan fingerprint density at radius 1 is 0.879 bits per heavy atom. The molecule has 0 N–H and O–H groups in total. The minimum Gasteiger partial charge on any atom is -0.465 e. The van der Waals surface area contributed by atoms with Gasteiger partial charge in [-0.2, -0.15) is 0 Å². The van der Waals surface area contributed by atoms with Crippen molar-refractivity contribution in [3.05, 3.63) is 129 Å². The van der Waals surface area contributed by atoms with E-state index >= 15 is 0 Å². The van der Waals surface area contributed by atoms with E-state index in [1.54, 1.807) is 22.8 Å². The molecule has 0 aliphatic carbocycles. The molecule has 0 aliphatic rings. The molecule has 0 unspecified atom stereocenters. The van der Waals surface area contributed by atoms with Crippen LogP contribution in [0.25, 0.3) is 23.3 Å². The molecule has 0 saturated heterocycles. The molecule has 4 rings (SSSR count). The van der Waals surface area contributed by atoms with Crippen LogP contribution >= 0.6 is 0 Å². The summed E-state index contributed by atoms with van der Waals surface area (Å²) in [6.07, 6.45) is 5.81. The zero-order valence-corrected chi connectivity index (χ0v) is 18.7. The molecular formula is C29H25NO3. The maximum atomic E-state index is 13.8. The maximum Gasteiger partial charge on any atom is 0.338 e. The van der Waals surface area contributed by atoms with Crippen molar-refractivity contribution in [2.75, 3.05) is 7.11 Å². The van der Waals surface area contributed by atoms with Crippen LogP contribution in [0.3, 0.4) is 0 Å². The summed E-state index contributed by atoms with van der Waals surface area (Å²) in [5.74, 6) is -0.473. The van der Waals surface area contributed by atoms with Gasteiger partial charge in [-0.25, -0.2) is 4.79 Å². The summed E-state index contributed by atoms with van der Waals surface area (Å²) >= 11 is 0. The highest BCUT2D eigenvalue weighted by molar-refractivity contribution is 5.98. The van der Waals surface area contributed by atoms with Crippen molar-refractivity contribution >= 4 is 18.1 Å². The smallest absolute Gasteiger partial charge is 0.338 e. The summed E-state index contributed by atoms with van der Waals surface area (Å²) in [6, 6.07) is 26.9. The number of benzene rings is 3. The van der Waals surface area contributed by atoms with Crippen molar-refractivity contribution in [3.8, 4) is 11.1 Å². The summed E-state index contributed by atoms with van der Waals surface area (Å²) in [5, 5.41) is 0. The zero-order valence-electron chi connectivity index (χ0n) is 18.7. The van der Waals surface area contributed by atoms with E-state index < -0.39 is 5.97 Å². The van der Waals surface area contributed by atoms with Gasteiger partial charge in [-0.05, 0) is 35.2 Å². The van der Waals surface area contributed by atoms with Crippen LogP contribution in [0.5, 0.6) is 0 Å². The third kappa shape index (κ3) is 4.85. The van der Waals surface area contributed by atoms with Crippen LogP contribution in [0.15, 0.2) is 95.9 Å². The third-order valence-electron chi connectivity index (χ3n) is 5.56. The maximum absolute atomic E-state index is 13.8. The van der Waals surface area contributed by atoms with E-state index in [-0.39, 0.29) is 5.56 Å². The number of rotatable bonds is 6. The third-order valence-corrected chi connectivity index (χ3v) is 5.56. The van der Waals surface area contributed by atoms with Crippen molar-refractivity contribution in [2.24, 2.45) is 0 Å². The average Bonchev–Trinajstić information content (AvgIpc) is 2.86. The van der Waals surface area contributed by atoms with E-state index in [0.717, 1.165) is 22.3 Å². The molecule has 1 heterocycles. The zero-order chi connectivity index (χ0) is 23.2. The number of pyridine rings is 1. The number of carbonyl (C=O) groups is 1. The van der Waals surface area contributed by atoms with Gasteiger partial charge in [0.1, 0.15) is 0 Å². The lowest BCUT2D eigenvalue weighted by Crippen LogP contribution is -2.24. The van der Waals surface area contributed by atoms with Crippen LogP contribution in [-0.4, -0.2) is 17.6 Å². The molecule has 0 amide bonds. The second-order valence-corrected chi connectivity index (χ2v) is 7.80. The Kier molecular flexibility index (Phi) is 6.65. The topological polar surface area (TPSA) is 48.3 Å². The first-order chi connectivity index (χ1) is 16.1. The number of hydrogen-bond acceptors (Lipinski definition) is 3. The second kappa shape index (κ2) is 9.96. The van der Waals surface area contributed by atoms with Crippen LogP contribution in [0.4, 0.5) is 0 Å². The van der Waals surface area contributed by atoms with Gasteiger partial charge in [0, 0.05) is 11.8 Å². The first kappa shape index (κ1) is 22.0. The standard InChI is InChI=1S/C29H25NO3/c1-21-19-30(20-23-13-7-4-8-14-23)28(31)27(24(21)18-17-22-11-5-3-6-12-22)25-15-9-10-16-26(25)29(32)33-2/h3-19H,20H2,1-2H3/b18-17+. The van der Waals surface area contributed by atoms with E-state index in [1.165, 1.54) is 7.11 Å². The molecule has 4 heteroatoms. The van der Waals surface area contributed by atoms with Gasteiger partial charge in [-0.15, -0.1) is 0 Å². The monoisotopic (exact) mass is 435 g/mol. The van der Waals surface area contributed by atoms with Crippen molar-refractivity contribution < 1.29 is 9.53 Å². The fraction of sp³-hybridized carbons (Fsp3) is 0.103. The molecule has 1 aromatic heterocycles. The van der Waals surface area contributed by atoms with E-state index in [9.17, 15) is 9.59 Å². The summed E-state index contributed by atoms with van der Waals surface area (Å²) in [7, 11) is 1.35. The fourth-order valence-corrected chi connectivity index (χ4v) is 3.92. The molecule has 4 nitrogen and oxygen atoms in total. The molecule has 0 fully saturated rings. The summed E-state index contributed by atoms with van der Waals surface area (Å²) in [6.45, 7) is 2.42. The van der Waals surface area contributed by atoms with Crippen LogP contribution in [-0.2, 0) is 11.3 Å². The molecule has 33 heavy (non-hydrogen) atoms. The first-order valence-corrected chi connectivity index (χ1v) is 10.8. The van der Waals surface area contributed by atoms with E-state index in [1.807, 2.05) is 92.0 Å². The number of esters is 1. The predicted octanol–water partition coefficient (Wildman–Crippen LogP) is 5.83. The highest BCUT2D eigenvalue weighted by atomic mass is 16.5. The quantitative estimate of drug-likeness (QED) is 0.358. The second-order valence-electron chi connectivity index (χ2n) is 7.80.